The van der Waals surface area contributed by atoms with Crippen molar-refractivity contribution in [2.45, 2.75) is 25.8 Å². The number of anilines is 1. The Morgan fingerprint density at radius 2 is 2.37 bits per heavy atom. The predicted octanol–water partition coefficient (Wildman–Crippen LogP) is 2.88. The van der Waals surface area contributed by atoms with Crippen LogP contribution in [0.5, 0.6) is 0 Å². The standard InChI is InChI=1S/C14H19FN2OS/c1-2-16-13-11(6-3-7-12(13)15)14(18)17-10-5-4-8-19-9-10/h3,6-7,10,16H,2,4-5,8-9H2,1H3,(H,17,18). The van der Waals surface area contributed by atoms with Crippen LogP contribution in [-0.4, -0.2) is 30.0 Å². The number of halogens is 1. The van der Waals surface area contributed by atoms with Crippen molar-refractivity contribution in [1.82, 2.24) is 5.32 Å². The lowest BCUT2D eigenvalue weighted by molar-refractivity contribution is 0.0939. The molecule has 2 N–H and O–H groups in total. The molecule has 0 saturated carbocycles. The van der Waals surface area contributed by atoms with E-state index in [9.17, 15) is 9.18 Å². The summed E-state index contributed by atoms with van der Waals surface area (Å²) in [6.45, 7) is 2.46. The average molecular weight is 282 g/mol. The van der Waals surface area contributed by atoms with E-state index < -0.39 is 0 Å². The molecule has 1 aromatic rings. The van der Waals surface area contributed by atoms with Gasteiger partial charge in [0.1, 0.15) is 5.82 Å². The number of para-hydroxylation sites is 1. The molecule has 1 aliphatic rings. The molecular formula is C14H19FN2OS. The number of rotatable bonds is 4. The molecule has 0 radical (unpaired) electrons. The molecule has 0 aliphatic carbocycles. The number of benzene rings is 1. The highest BCUT2D eigenvalue weighted by atomic mass is 32.2. The molecule has 2 rings (SSSR count). The normalized spacial score (nSPS) is 18.9. The van der Waals surface area contributed by atoms with Crippen molar-refractivity contribution >= 4 is 23.4 Å². The number of carbonyl (C=O) groups excluding carboxylic acids is 1. The zero-order valence-electron chi connectivity index (χ0n) is 11.0. The van der Waals surface area contributed by atoms with Crippen LogP contribution in [0, 0.1) is 5.82 Å². The topological polar surface area (TPSA) is 41.1 Å². The maximum atomic E-state index is 13.7. The molecule has 1 aromatic carbocycles. The third-order valence-corrected chi connectivity index (χ3v) is 4.32. The average Bonchev–Trinajstić information content (AvgIpc) is 2.42. The van der Waals surface area contributed by atoms with Crippen LogP contribution in [0.1, 0.15) is 30.1 Å². The SMILES string of the molecule is CCNc1c(F)cccc1C(=O)NC1CCCSC1. The van der Waals surface area contributed by atoms with Gasteiger partial charge in [-0.25, -0.2) is 4.39 Å². The molecule has 1 atom stereocenters. The van der Waals surface area contributed by atoms with Crippen LogP contribution in [-0.2, 0) is 0 Å². The van der Waals surface area contributed by atoms with E-state index in [0.717, 1.165) is 24.3 Å². The maximum absolute atomic E-state index is 13.7. The van der Waals surface area contributed by atoms with Crippen molar-refractivity contribution in [3.05, 3.63) is 29.6 Å². The molecule has 19 heavy (non-hydrogen) atoms. The Kier molecular flexibility index (Phi) is 5.07. The van der Waals surface area contributed by atoms with Crippen molar-refractivity contribution in [2.75, 3.05) is 23.4 Å². The third kappa shape index (κ3) is 3.62. The summed E-state index contributed by atoms with van der Waals surface area (Å²) in [6.07, 6.45) is 2.13. The van der Waals surface area contributed by atoms with Gasteiger partial charge in [-0.1, -0.05) is 6.07 Å². The Bertz CT molecular complexity index is 447. The van der Waals surface area contributed by atoms with E-state index >= 15 is 0 Å². The van der Waals surface area contributed by atoms with Gasteiger partial charge in [-0.15, -0.1) is 0 Å². The molecule has 1 heterocycles. The predicted molar refractivity (Wildman–Crippen MR) is 78.4 cm³/mol. The number of carbonyl (C=O) groups is 1. The van der Waals surface area contributed by atoms with Crippen molar-refractivity contribution in [3.63, 3.8) is 0 Å². The quantitative estimate of drug-likeness (QED) is 0.892. The summed E-state index contributed by atoms with van der Waals surface area (Å²) in [6, 6.07) is 4.79. The molecule has 1 aliphatic heterocycles. The van der Waals surface area contributed by atoms with E-state index in [1.165, 1.54) is 6.07 Å². The highest BCUT2D eigenvalue weighted by Crippen LogP contribution is 2.21. The lowest BCUT2D eigenvalue weighted by atomic mass is 10.1. The molecule has 3 nitrogen and oxygen atoms in total. The van der Waals surface area contributed by atoms with Gasteiger partial charge in [0.2, 0.25) is 0 Å². The Labute approximate surface area is 117 Å². The van der Waals surface area contributed by atoms with Gasteiger partial charge in [0.05, 0.1) is 11.3 Å². The number of hydrogen-bond acceptors (Lipinski definition) is 3. The van der Waals surface area contributed by atoms with Gasteiger partial charge in [0.15, 0.2) is 0 Å². The van der Waals surface area contributed by atoms with Crippen LogP contribution in [0.4, 0.5) is 10.1 Å². The monoisotopic (exact) mass is 282 g/mol. The summed E-state index contributed by atoms with van der Waals surface area (Å²) in [4.78, 5) is 12.2. The van der Waals surface area contributed by atoms with Gasteiger partial charge in [0.25, 0.3) is 5.91 Å². The second-order valence-electron chi connectivity index (χ2n) is 4.58. The van der Waals surface area contributed by atoms with Crippen molar-refractivity contribution in [1.29, 1.82) is 0 Å². The van der Waals surface area contributed by atoms with Gasteiger partial charge in [-0.05, 0) is 37.7 Å². The van der Waals surface area contributed by atoms with Gasteiger partial charge < -0.3 is 10.6 Å². The van der Waals surface area contributed by atoms with Gasteiger partial charge in [-0.3, -0.25) is 4.79 Å². The van der Waals surface area contributed by atoms with Gasteiger partial charge >= 0.3 is 0 Å². The van der Waals surface area contributed by atoms with Crippen LogP contribution < -0.4 is 10.6 Å². The van der Waals surface area contributed by atoms with Gasteiger partial charge in [0, 0.05) is 18.3 Å². The summed E-state index contributed by atoms with van der Waals surface area (Å²) >= 11 is 1.85. The summed E-state index contributed by atoms with van der Waals surface area (Å²) in [7, 11) is 0. The first-order chi connectivity index (χ1) is 9.22. The first-order valence-corrected chi connectivity index (χ1v) is 7.79. The molecule has 5 heteroatoms. The van der Waals surface area contributed by atoms with Crippen LogP contribution in [0.15, 0.2) is 18.2 Å². The number of amides is 1. The van der Waals surface area contributed by atoms with Crippen molar-refractivity contribution in [2.24, 2.45) is 0 Å². The summed E-state index contributed by atoms with van der Waals surface area (Å²) in [5, 5.41) is 5.92. The molecule has 1 unspecified atom stereocenters. The van der Waals surface area contributed by atoms with E-state index in [1.54, 1.807) is 12.1 Å². The van der Waals surface area contributed by atoms with E-state index in [1.807, 2.05) is 18.7 Å². The second kappa shape index (κ2) is 6.80. The molecule has 0 bridgehead atoms. The van der Waals surface area contributed by atoms with E-state index in [0.29, 0.717) is 17.8 Å². The minimum atomic E-state index is -0.382. The maximum Gasteiger partial charge on any atom is 0.253 e. The molecule has 1 fully saturated rings. The van der Waals surface area contributed by atoms with Crippen molar-refractivity contribution in [3.8, 4) is 0 Å². The molecule has 1 saturated heterocycles. The third-order valence-electron chi connectivity index (χ3n) is 3.11. The first-order valence-electron chi connectivity index (χ1n) is 6.63. The van der Waals surface area contributed by atoms with Crippen LogP contribution in [0.2, 0.25) is 0 Å². The zero-order valence-corrected chi connectivity index (χ0v) is 11.9. The van der Waals surface area contributed by atoms with Gasteiger partial charge in [-0.2, -0.15) is 11.8 Å². The summed E-state index contributed by atoms with van der Waals surface area (Å²) in [5.74, 6) is 1.53. The number of thioether (sulfide) groups is 1. The number of hydrogen-bond donors (Lipinski definition) is 2. The Hall–Kier alpha value is -1.23. The summed E-state index contributed by atoms with van der Waals surface area (Å²) in [5.41, 5.74) is 0.684. The fourth-order valence-electron chi connectivity index (χ4n) is 2.19. The Morgan fingerprint density at radius 3 is 3.05 bits per heavy atom. The largest absolute Gasteiger partial charge is 0.382 e. The second-order valence-corrected chi connectivity index (χ2v) is 5.73. The Balaban J connectivity index is 2.11. The number of nitrogens with one attached hydrogen (secondary N) is 2. The minimum absolute atomic E-state index is 0.192. The highest BCUT2D eigenvalue weighted by Gasteiger charge is 2.20. The van der Waals surface area contributed by atoms with E-state index in [4.69, 9.17) is 0 Å². The molecule has 104 valence electrons. The zero-order chi connectivity index (χ0) is 13.7. The molecule has 1 amide bonds. The smallest absolute Gasteiger partial charge is 0.253 e. The van der Waals surface area contributed by atoms with Crippen LogP contribution in [0.3, 0.4) is 0 Å². The summed E-state index contributed by atoms with van der Waals surface area (Å²) < 4.78 is 13.7. The molecule has 0 aromatic heterocycles. The fraction of sp³-hybridized carbons (Fsp3) is 0.500. The Morgan fingerprint density at radius 1 is 1.53 bits per heavy atom. The van der Waals surface area contributed by atoms with Crippen LogP contribution in [0.25, 0.3) is 0 Å². The molecule has 0 spiro atoms. The lowest BCUT2D eigenvalue weighted by Crippen LogP contribution is -2.38. The highest BCUT2D eigenvalue weighted by molar-refractivity contribution is 7.99. The fourth-order valence-corrected chi connectivity index (χ4v) is 3.26. The van der Waals surface area contributed by atoms with E-state index in [-0.39, 0.29) is 17.8 Å². The molecular weight excluding hydrogens is 263 g/mol. The minimum Gasteiger partial charge on any atom is -0.382 e. The van der Waals surface area contributed by atoms with Crippen molar-refractivity contribution < 1.29 is 9.18 Å². The lowest BCUT2D eigenvalue weighted by Gasteiger charge is -2.23. The van der Waals surface area contributed by atoms with Crippen LogP contribution >= 0.6 is 11.8 Å². The first kappa shape index (κ1) is 14.2. The van der Waals surface area contributed by atoms with E-state index in [2.05, 4.69) is 10.6 Å².